The second kappa shape index (κ2) is 5.55. The number of aryl methyl sites for hydroxylation is 1. The Balaban J connectivity index is 1.80. The highest BCUT2D eigenvalue weighted by molar-refractivity contribution is 5.27. The minimum atomic E-state index is -0.529. The Morgan fingerprint density at radius 3 is 2.94 bits per heavy atom. The van der Waals surface area contributed by atoms with E-state index in [0.717, 1.165) is 16.9 Å². The van der Waals surface area contributed by atoms with Crippen LogP contribution in [0.3, 0.4) is 0 Å². The van der Waals surface area contributed by atoms with Crippen LogP contribution in [-0.2, 0) is 0 Å². The Morgan fingerprint density at radius 2 is 2.24 bits per heavy atom. The van der Waals surface area contributed by atoms with Gasteiger partial charge in [0.15, 0.2) is 0 Å². The van der Waals surface area contributed by atoms with Crippen LogP contribution in [0.15, 0.2) is 47.3 Å². The fourth-order valence-electron chi connectivity index (χ4n) is 1.62. The third-order valence-electron chi connectivity index (χ3n) is 2.58. The summed E-state index contributed by atoms with van der Waals surface area (Å²) in [5, 5.41) is 9.80. The van der Waals surface area contributed by atoms with Gasteiger partial charge in [0.05, 0.1) is 25.2 Å². The molecule has 1 unspecified atom stereocenters. The summed E-state index contributed by atoms with van der Waals surface area (Å²) in [7, 11) is 0. The van der Waals surface area contributed by atoms with E-state index in [9.17, 15) is 5.11 Å². The largest absolute Gasteiger partial charge is 0.493 e. The minimum absolute atomic E-state index is 0.482. The van der Waals surface area contributed by atoms with Crippen LogP contribution in [0.2, 0.25) is 0 Å². The predicted octanol–water partition coefficient (Wildman–Crippen LogP) is 3.09. The minimum Gasteiger partial charge on any atom is -0.493 e. The second-order valence-electron chi connectivity index (χ2n) is 4.03. The van der Waals surface area contributed by atoms with E-state index in [-0.39, 0.29) is 0 Å². The van der Waals surface area contributed by atoms with Crippen molar-refractivity contribution in [2.75, 3.05) is 6.61 Å². The van der Waals surface area contributed by atoms with Crippen LogP contribution in [0.1, 0.15) is 23.7 Å². The molecule has 1 atom stereocenters. The molecule has 2 aromatic rings. The molecule has 0 aliphatic rings. The number of hydrogen-bond donors (Lipinski definition) is 1. The van der Waals surface area contributed by atoms with E-state index in [0.29, 0.717) is 13.0 Å². The molecule has 0 saturated carbocycles. The van der Waals surface area contributed by atoms with Crippen molar-refractivity contribution in [1.82, 2.24) is 0 Å². The lowest BCUT2D eigenvalue weighted by Gasteiger charge is -2.10. The molecule has 2 rings (SSSR count). The molecule has 0 spiro atoms. The summed E-state index contributed by atoms with van der Waals surface area (Å²) < 4.78 is 10.5. The van der Waals surface area contributed by atoms with E-state index < -0.39 is 6.10 Å². The SMILES string of the molecule is Cc1cccc(OCCC(O)c2ccoc2)c1. The molecule has 1 N–H and O–H groups in total. The van der Waals surface area contributed by atoms with Crippen molar-refractivity contribution < 1.29 is 14.3 Å². The Morgan fingerprint density at radius 1 is 1.35 bits per heavy atom. The zero-order valence-corrected chi connectivity index (χ0v) is 9.80. The molecule has 0 radical (unpaired) electrons. The molecular formula is C14H16O3. The van der Waals surface area contributed by atoms with Crippen molar-refractivity contribution in [3.63, 3.8) is 0 Å². The first-order valence-electron chi connectivity index (χ1n) is 5.65. The maximum absolute atomic E-state index is 9.80. The quantitative estimate of drug-likeness (QED) is 0.861. The lowest BCUT2D eigenvalue weighted by atomic mass is 10.1. The highest BCUT2D eigenvalue weighted by Gasteiger charge is 2.08. The summed E-state index contributed by atoms with van der Waals surface area (Å²) in [6, 6.07) is 9.63. The number of rotatable bonds is 5. The van der Waals surface area contributed by atoms with Crippen molar-refractivity contribution in [2.45, 2.75) is 19.4 Å². The van der Waals surface area contributed by atoms with Gasteiger partial charge in [0.1, 0.15) is 5.75 Å². The van der Waals surface area contributed by atoms with Gasteiger partial charge in [0.25, 0.3) is 0 Å². The molecule has 0 aliphatic carbocycles. The summed E-state index contributed by atoms with van der Waals surface area (Å²) in [4.78, 5) is 0. The normalized spacial score (nSPS) is 12.4. The van der Waals surface area contributed by atoms with E-state index in [2.05, 4.69) is 0 Å². The van der Waals surface area contributed by atoms with Gasteiger partial charge in [-0.3, -0.25) is 0 Å². The molecule has 1 heterocycles. The summed E-state index contributed by atoms with van der Waals surface area (Å²) in [6.45, 7) is 2.50. The first-order chi connectivity index (χ1) is 8.25. The van der Waals surface area contributed by atoms with Crippen LogP contribution in [0, 0.1) is 6.92 Å². The lowest BCUT2D eigenvalue weighted by Crippen LogP contribution is -2.04. The van der Waals surface area contributed by atoms with E-state index >= 15 is 0 Å². The third kappa shape index (κ3) is 3.36. The molecular weight excluding hydrogens is 216 g/mol. The van der Waals surface area contributed by atoms with E-state index in [4.69, 9.17) is 9.15 Å². The average molecular weight is 232 g/mol. The van der Waals surface area contributed by atoms with Crippen molar-refractivity contribution >= 4 is 0 Å². The first-order valence-corrected chi connectivity index (χ1v) is 5.65. The van der Waals surface area contributed by atoms with Crippen molar-refractivity contribution in [3.8, 4) is 5.75 Å². The Labute approximate surface area is 101 Å². The van der Waals surface area contributed by atoms with Gasteiger partial charge in [-0.15, -0.1) is 0 Å². The molecule has 0 bridgehead atoms. The standard InChI is InChI=1S/C14H16O3/c1-11-3-2-4-13(9-11)17-8-6-14(15)12-5-7-16-10-12/h2-5,7,9-10,14-15H,6,8H2,1H3. The molecule has 3 heteroatoms. The highest BCUT2D eigenvalue weighted by atomic mass is 16.5. The van der Waals surface area contributed by atoms with Gasteiger partial charge < -0.3 is 14.3 Å². The third-order valence-corrected chi connectivity index (χ3v) is 2.58. The maximum atomic E-state index is 9.80. The van der Waals surface area contributed by atoms with Crippen LogP contribution in [0.25, 0.3) is 0 Å². The molecule has 0 aliphatic heterocycles. The monoisotopic (exact) mass is 232 g/mol. The van der Waals surface area contributed by atoms with Gasteiger partial charge in [-0.05, 0) is 30.7 Å². The molecule has 17 heavy (non-hydrogen) atoms. The molecule has 1 aromatic carbocycles. The lowest BCUT2D eigenvalue weighted by molar-refractivity contribution is 0.140. The topological polar surface area (TPSA) is 42.6 Å². The van der Waals surface area contributed by atoms with Crippen LogP contribution in [-0.4, -0.2) is 11.7 Å². The number of benzene rings is 1. The second-order valence-corrected chi connectivity index (χ2v) is 4.03. The highest BCUT2D eigenvalue weighted by Crippen LogP contribution is 2.18. The van der Waals surface area contributed by atoms with Crippen LogP contribution in [0.5, 0.6) is 5.75 Å². The van der Waals surface area contributed by atoms with E-state index in [1.807, 2.05) is 31.2 Å². The number of aliphatic hydroxyl groups is 1. The summed E-state index contributed by atoms with van der Waals surface area (Å²) >= 11 is 0. The average Bonchev–Trinajstić information content (AvgIpc) is 2.82. The van der Waals surface area contributed by atoms with Crippen LogP contribution >= 0.6 is 0 Å². The Hall–Kier alpha value is -1.74. The zero-order valence-electron chi connectivity index (χ0n) is 9.80. The zero-order chi connectivity index (χ0) is 12.1. The molecule has 3 nitrogen and oxygen atoms in total. The first kappa shape index (κ1) is 11.7. The molecule has 1 aromatic heterocycles. The van der Waals surface area contributed by atoms with Gasteiger partial charge in [0, 0.05) is 12.0 Å². The van der Waals surface area contributed by atoms with Gasteiger partial charge in [0.2, 0.25) is 0 Å². The molecule has 90 valence electrons. The molecule has 0 fully saturated rings. The van der Waals surface area contributed by atoms with Crippen LogP contribution < -0.4 is 4.74 Å². The smallest absolute Gasteiger partial charge is 0.119 e. The Kier molecular flexibility index (Phi) is 3.83. The Bertz CT molecular complexity index is 448. The van der Waals surface area contributed by atoms with Gasteiger partial charge in [-0.2, -0.15) is 0 Å². The van der Waals surface area contributed by atoms with Gasteiger partial charge in [-0.25, -0.2) is 0 Å². The number of hydrogen-bond acceptors (Lipinski definition) is 3. The fourth-order valence-corrected chi connectivity index (χ4v) is 1.62. The summed E-state index contributed by atoms with van der Waals surface area (Å²) in [5.41, 5.74) is 1.95. The van der Waals surface area contributed by atoms with Crippen molar-refractivity contribution in [1.29, 1.82) is 0 Å². The van der Waals surface area contributed by atoms with Crippen LogP contribution in [0.4, 0.5) is 0 Å². The van der Waals surface area contributed by atoms with E-state index in [1.165, 1.54) is 0 Å². The number of aliphatic hydroxyl groups excluding tert-OH is 1. The van der Waals surface area contributed by atoms with Gasteiger partial charge in [-0.1, -0.05) is 12.1 Å². The predicted molar refractivity (Wildman–Crippen MR) is 65.0 cm³/mol. The van der Waals surface area contributed by atoms with Crippen molar-refractivity contribution in [3.05, 3.63) is 54.0 Å². The summed E-state index contributed by atoms with van der Waals surface area (Å²) in [6.07, 6.45) is 3.13. The maximum Gasteiger partial charge on any atom is 0.119 e. The van der Waals surface area contributed by atoms with Crippen molar-refractivity contribution in [2.24, 2.45) is 0 Å². The molecule has 0 amide bonds. The summed E-state index contributed by atoms with van der Waals surface area (Å²) in [5.74, 6) is 0.837. The fraction of sp³-hybridized carbons (Fsp3) is 0.286. The number of ether oxygens (including phenoxy) is 1. The van der Waals surface area contributed by atoms with Gasteiger partial charge >= 0.3 is 0 Å². The number of furan rings is 1. The molecule has 0 saturated heterocycles. The van der Waals surface area contributed by atoms with E-state index in [1.54, 1.807) is 18.6 Å².